The second-order valence-electron chi connectivity index (χ2n) is 7.02. The van der Waals surface area contributed by atoms with E-state index in [9.17, 15) is 20.2 Å². The third-order valence-corrected chi connectivity index (χ3v) is 5.05. The Hall–Kier alpha value is -4.33. The van der Waals surface area contributed by atoms with Gasteiger partial charge in [-0.25, -0.2) is 0 Å². The van der Waals surface area contributed by atoms with Crippen LogP contribution in [0.15, 0.2) is 83.4 Å². The van der Waals surface area contributed by atoms with Gasteiger partial charge in [0.2, 0.25) is 0 Å². The largest absolute Gasteiger partial charge is 0.355 e. The zero-order valence-corrected chi connectivity index (χ0v) is 16.4. The smallest absolute Gasteiger partial charge is 0.269 e. The molecular formula is C23H18N4O4. The van der Waals surface area contributed by atoms with Crippen LogP contribution in [0.2, 0.25) is 0 Å². The number of non-ortho nitro benzene ring substituents is 2. The number of hydrogen-bond acceptors (Lipinski definition) is 6. The van der Waals surface area contributed by atoms with Gasteiger partial charge in [0.05, 0.1) is 21.2 Å². The second-order valence-corrected chi connectivity index (χ2v) is 7.02. The van der Waals surface area contributed by atoms with Crippen LogP contribution in [-0.4, -0.2) is 16.1 Å². The maximum Gasteiger partial charge on any atom is 0.269 e. The number of aliphatic imine (C=N–C) groups is 1. The molecule has 0 fully saturated rings. The molecule has 0 saturated carbocycles. The summed E-state index contributed by atoms with van der Waals surface area (Å²) in [5, 5.41) is 25.1. The number of anilines is 1. The van der Waals surface area contributed by atoms with Crippen LogP contribution in [0.4, 0.5) is 22.7 Å². The Morgan fingerprint density at radius 3 is 2.06 bits per heavy atom. The van der Waals surface area contributed by atoms with Crippen molar-refractivity contribution in [3.8, 4) is 0 Å². The molecule has 1 aliphatic carbocycles. The number of hydrogen-bond donors (Lipinski definition) is 1. The molecule has 0 atom stereocenters. The van der Waals surface area contributed by atoms with Gasteiger partial charge >= 0.3 is 0 Å². The van der Waals surface area contributed by atoms with Crippen molar-refractivity contribution in [3.63, 3.8) is 0 Å². The Morgan fingerprint density at radius 1 is 0.806 bits per heavy atom. The van der Waals surface area contributed by atoms with Crippen LogP contribution in [0.3, 0.4) is 0 Å². The van der Waals surface area contributed by atoms with E-state index in [1.54, 1.807) is 30.5 Å². The number of nitro benzene ring substituents is 2. The van der Waals surface area contributed by atoms with Gasteiger partial charge in [-0.3, -0.25) is 25.2 Å². The summed E-state index contributed by atoms with van der Waals surface area (Å²) in [4.78, 5) is 25.4. The molecule has 1 N–H and O–H groups in total. The number of allylic oxidation sites excluding steroid dienone is 1. The summed E-state index contributed by atoms with van der Waals surface area (Å²) in [5.41, 5.74) is 5.53. The van der Waals surface area contributed by atoms with Crippen LogP contribution in [0.1, 0.15) is 17.5 Å². The Kier molecular flexibility index (Phi) is 5.53. The molecule has 0 saturated heterocycles. The first kappa shape index (κ1) is 20.0. The Balaban J connectivity index is 1.68. The number of benzene rings is 3. The van der Waals surface area contributed by atoms with Gasteiger partial charge in [-0.2, -0.15) is 0 Å². The van der Waals surface area contributed by atoms with Crippen molar-refractivity contribution in [1.82, 2.24) is 0 Å². The highest BCUT2D eigenvalue weighted by molar-refractivity contribution is 5.97. The topological polar surface area (TPSA) is 111 Å². The van der Waals surface area contributed by atoms with E-state index in [0.29, 0.717) is 5.69 Å². The fourth-order valence-corrected chi connectivity index (χ4v) is 3.45. The monoisotopic (exact) mass is 414 g/mol. The van der Waals surface area contributed by atoms with Crippen molar-refractivity contribution in [1.29, 1.82) is 0 Å². The Labute approximate surface area is 177 Å². The highest BCUT2D eigenvalue weighted by Gasteiger charge is 2.18. The van der Waals surface area contributed by atoms with Gasteiger partial charge in [0.15, 0.2) is 0 Å². The third kappa shape index (κ3) is 4.48. The maximum atomic E-state index is 10.9. The SMILES string of the molecule is O=[N+]([O-])c1ccc(N=CC2=C(Nc3ccc([N+](=O)[O-])cc3)c3ccccc3CC2)cc1. The molecule has 0 radical (unpaired) electrons. The molecule has 0 unspecified atom stereocenters. The molecule has 1 aliphatic rings. The first-order valence-corrected chi connectivity index (χ1v) is 9.63. The molecule has 0 heterocycles. The lowest BCUT2D eigenvalue weighted by Gasteiger charge is -2.23. The molecule has 0 aliphatic heterocycles. The molecule has 3 aromatic rings. The van der Waals surface area contributed by atoms with Crippen LogP contribution in [0.25, 0.3) is 5.70 Å². The van der Waals surface area contributed by atoms with E-state index in [1.165, 1.54) is 29.8 Å². The van der Waals surface area contributed by atoms with Gasteiger partial charge in [-0.15, -0.1) is 0 Å². The van der Waals surface area contributed by atoms with Gasteiger partial charge < -0.3 is 5.32 Å². The van der Waals surface area contributed by atoms with Crippen molar-refractivity contribution in [2.45, 2.75) is 12.8 Å². The van der Waals surface area contributed by atoms with Gasteiger partial charge in [0, 0.05) is 41.7 Å². The van der Waals surface area contributed by atoms with E-state index in [2.05, 4.69) is 16.4 Å². The summed E-state index contributed by atoms with van der Waals surface area (Å²) in [7, 11) is 0. The predicted molar refractivity (Wildman–Crippen MR) is 120 cm³/mol. The number of aryl methyl sites for hydroxylation is 1. The van der Waals surface area contributed by atoms with Crippen LogP contribution in [0, 0.1) is 20.2 Å². The normalized spacial score (nSPS) is 13.2. The quantitative estimate of drug-likeness (QED) is 0.317. The van der Waals surface area contributed by atoms with E-state index in [-0.39, 0.29) is 11.4 Å². The zero-order chi connectivity index (χ0) is 21.8. The van der Waals surface area contributed by atoms with Crippen LogP contribution >= 0.6 is 0 Å². The van der Waals surface area contributed by atoms with Crippen molar-refractivity contribution in [3.05, 3.63) is 110 Å². The number of nitrogens with one attached hydrogen (secondary N) is 1. The fourth-order valence-electron chi connectivity index (χ4n) is 3.45. The lowest BCUT2D eigenvalue weighted by atomic mass is 9.89. The highest BCUT2D eigenvalue weighted by atomic mass is 16.6. The van der Waals surface area contributed by atoms with Gasteiger partial charge in [-0.1, -0.05) is 24.3 Å². The summed E-state index contributed by atoms with van der Waals surface area (Å²) >= 11 is 0. The molecule has 3 aromatic carbocycles. The lowest BCUT2D eigenvalue weighted by Crippen LogP contribution is -2.12. The van der Waals surface area contributed by atoms with Crippen molar-refractivity contribution in [2.24, 2.45) is 4.99 Å². The average molecular weight is 414 g/mol. The van der Waals surface area contributed by atoms with E-state index in [4.69, 9.17) is 0 Å². The first-order valence-electron chi connectivity index (χ1n) is 9.63. The number of nitro groups is 2. The van der Waals surface area contributed by atoms with Crippen LogP contribution < -0.4 is 5.32 Å². The minimum atomic E-state index is -0.444. The zero-order valence-electron chi connectivity index (χ0n) is 16.4. The molecule has 0 aromatic heterocycles. The minimum Gasteiger partial charge on any atom is -0.355 e. The molecule has 8 nitrogen and oxygen atoms in total. The molecule has 31 heavy (non-hydrogen) atoms. The molecule has 0 amide bonds. The number of nitrogens with zero attached hydrogens (tertiary/aromatic N) is 3. The highest BCUT2D eigenvalue weighted by Crippen LogP contribution is 2.32. The van der Waals surface area contributed by atoms with Crippen LogP contribution in [0.5, 0.6) is 0 Å². The molecule has 0 bridgehead atoms. The van der Waals surface area contributed by atoms with Gasteiger partial charge in [0.1, 0.15) is 0 Å². The summed E-state index contributed by atoms with van der Waals surface area (Å²) in [5.74, 6) is 0. The summed E-state index contributed by atoms with van der Waals surface area (Å²) in [6.07, 6.45) is 3.40. The molecule has 4 rings (SSSR count). The summed E-state index contributed by atoms with van der Waals surface area (Å²) in [6, 6.07) is 20.4. The molecule has 8 heteroatoms. The molecule has 154 valence electrons. The maximum absolute atomic E-state index is 10.9. The first-order chi connectivity index (χ1) is 15.0. The Morgan fingerprint density at radius 2 is 1.42 bits per heavy atom. The number of fused-ring (bicyclic) bond motifs is 1. The molecular weight excluding hydrogens is 396 g/mol. The van der Waals surface area contributed by atoms with E-state index >= 15 is 0 Å². The number of rotatable bonds is 6. The van der Waals surface area contributed by atoms with Crippen LogP contribution in [-0.2, 0) is 6.42 Å². The Bertz CT molecular complexity index is 1200. The van der Waals surface area contributed by atoms with E-state index in [1.807, 2.05) is 18.2 Å². The van der Waals surface area contributed by atoms with Crippen molar-refractivity contribution < 1.29 is 9.85 Å². The lowest BCUT2D eigenvalue weighted by molar-refractivity contribution is -0.385. The van der Waals surface area contributed by atoms with Gasteiger partial charge in [0.25, 0.3) is 11.4 Å². The van der Waals surface area contributed by atoms with Crippen molar-refractivity contribution in [2.75, 3.05) is 5.32 Å². The predicted octanol–water partition coefficient (Wildman–Crippen LogP) is 5.67. The second kappa shape index (κ2) is 8.58. The summed E-state index contributed by atoms with van der Waals surface area (Å²) in [6.45, 7) is 0. The molecule has 0 spiro atoms. The fraction of sp³-hybridized carbons (Fsp3) is 0.0870. The minimum absolute atomic E-state index is 0.0188. The van der Waals surface area contributed by atoms with Gasteiger partial charge in [-0.05, 0) is 48.2 Å². The summed E-state index contributed by atoms with van der Waals surface area (Å²) < 4.78 is 0. The standard InChI is InChI=1S/C23H18N4O4/c28-26(29)20-11-7-18(8-12-20)24-15-17-6-5-16-3-1-2-4-22(16)23(17)25-19-9-13-21(14-10-19)27(30)31/h1-4,7-15,25H,5-6H2. The average Bonchev–Trinajstić information content (AvgIpc) is 2.79. The van der Waals surface area contributed by atoms with E-state index in [0.717, 1.165) is 35.4 Å². The van der Waals surface area contributed by atoms with E-state index < -0.39 is 9.85 Å². The third-order valence-electron chi connectivity index (χ3n) is 5.05. The van der Waals surface area contributed by atoms with Crippen molar-refractivity contribution >= 4 is 34.7 Å².